The Bertz CT molecular complexity index is 858. The monoisotopic (exact) mass is 270 g/mol. The Labute approximate surface area is 114 Å². The molecule has 6 heteroatoms. The average molecular weight is 270 g/mol. The largest absolute Gasteiger partial charge is 0.330 e. The first-order chi connectivity index (χ1) is 9.70. The first-order valence-electron chi connectivity index (χ1n) is 6.42. The molecule has 0 aliphatic rings. The van der Waals surface area contributed by atoms with Crippen LogP contribution < -0.4 is 11.2 Å². The number of nitrogens with one attached hydrogen (secondary N) is 1. The van der Waals surface area contributed by atoms with Crippen molar-refractivity contribution in [2.45, 2.75) is 20.0 Å². The molecule has 102 valence electrons. The number of nitrogens with zero attached hydrogens (tertiary/aromatic N) is 3. The lowest BCUT2D eigenvalue weighted by molar-refractivity contribution is 0.676. The van der Waals surface area contributed by atoms with Crippen LogP contribution in [0.1, 0.15) is 12.5 Å². The van der Waals surface area contributed by atoms with Crippen LogP contribution in [0.25, 0.3) is 11.2 Å². The molecule has 0 fully saturated rings. The highest BCUT2D eigenvalue weighted by Crippen LogP contribution is 2.08. The van der Waals surface area contributed by atoms with Crippen LogP contribution in [-0.2, 0) is 13.1 Å². The Kier molecular flexibility index (Phi) is 2.98. The number of benzene rings is 1. The Balaban J connectivity index is 2.18. The molecule has 0 amide bonds. The fraction of sp³-hybridized carbons (Fsp3) is 0.214. The van der Waals surface area contributed by atoms with Crippen LogP contribution in [0.4, 0.5) is 0 Å². The van der Waals surface area contributed by atoms with Gasteiger partial charge in [0.15, 0.2) is 11.2 Å². The van der Waals surface area contributed by atoms with E-state index in [0.717, 1.165) is 5.56 Å². The van der Waals surface area contributed by atoms with Gasteiger partial charge in [0.1, 0.15) is 0 Å². The maximum Gasteiger partial charge on any atom is 0.330 e. The van der Waals surface area contributed by atoms with Gasteiger partial charge < -0.3 is 4.57 Å². The van der Waals surface area contributed by atoms with Crippen molar-refractivity contribution in [2.24, 2.45) is 0 Å². The fourth-order valence-corrected chi connectivity index (χ4v) is 2.27. The topological polar surface area (TPSA) is 72.7 Å². The van der Waals surface area contributed by atoms with E-state index >= 15 is 0 Å². The molecule has 0 unspecified atom stereocenters. The highest BCUT2D eigenvalue weighted by Gasteiger charge is 2.12. The maximum absolute atomic E-state index is 12.3. The number of imidazole rings is 1. The van der Waals surface area contributed by atoms with Crippen LogP contribution in [0.2, 0.25) is 0 Å². The molecule has 0 saturated heterocycles. The Morgan fingerprint density at radius 2 is 1.95 bits per heavy atom. The minimum atomic E-state index is -0.421. The summed E-state index contributed by atoms with van der Waals surface area (Å²) in [6.45, 7) is 2.64. The zero-order valence-electron chi connectivity index (χ0n) is 11.0. The second-order valence-electron chi connectivity index (χ2n) is 4.53. The van der Waals surface area contributed by atoms with Crippen molar-refractivity contribution in [3.8, 4) is 0 Å². The summed E-state index contributed by atoms with van der Waals surface area (Å²) in [7, 11) is 0. The molecule has 1 N–H and O–H groups in total. The van der Waals surface area contributed by atoms with Crippen LogP contribution in [0.5, 0.6) is 0 Å². The third kappa shape index (κ3) is 1.95. The SMILES string of the molecule is CCn1c(=O)[nH]c2ncn(Cc3ccccc3)c2c1=O. The number of rotatable bonds is 3. The molecular formula is C14H14N4O2. The molecule has 0 aliphatic carbocycles. The van der Waals surface area contributed by atoms with Gasteiger partial charge in [0, 0.05) is 13.1 Å². The fourth-order valence-electron chi connectivity index (χ4n) is 2.27. The molecule has 20 heavy (non-hydrogen) atoms. The van der Waals surface area contributed by atoms with E-state index < -0.39 is 5.69 Å². The van der Waals surface area contributed by atoms with Gasteiger partial charge in [0.05, 0.1) is 6.33 Å². The Hall–Kier alpha value is -2.63. The predicted molar refractivity (Wildman–Crippen MR) is 75.8 cm³/mol. The lowest BCUT2D eigenvalue weighted by Crippen LogP contribution is -2.35. The lowest BCUT2D eigenvalue weighted by atomic mass is 10.2. The molecule has 3 aromatic rings. The second-order valence-corrected chi connectivity index (χ2v) is 4.53. The number of H-pyrrole nitrogens is 1. The smallest absolute Gasteiger partial charge is 0.320 e. The van der Waals surface area contributed by atoms with Gasteiger partial charge in [-0.2, -0.15) is 0 Å². The van der Waals surface area contributed by atoms with Gasteiger partial charge in [-0.1, -0.05) is 30.3 Å². The summed E-state index contributed by atoms with van der Waals surface area (Å²) >= 11 is 0. The second kappa shape index (κ2) is 4.80. The summed E-state index contributed by atoms with van der Waals surface area (Å²) in [5.41, 5.74) is 1.10. The Morgan fingerprint density at radius 3 is 2.65 bits per heavy atom. The molecule has 0 radical (unpaired) electrons. The molecule has 3 rings (SSSR count). The predicted octanol–water partition coefficient (Wildman–Crippen LogP) is 0.954. The van der Waals surface area contributed by atoms with Gasteiger partial charge in [-0.15, -0.1) is 0 Å². The summed E-state index contributed by atoms with van der Waals surface area (Å²) in [6.07, 6.45) is 1.58. The standard InChI is InChI=1S/C14H14N4O2/c1-2-18-13(19)11-12(16-14(18)20)15-9-17(11)8-10-6-4-3-5-7-10/h3-7,9H,2,8H2,1H3,(H,16,20). The average Bonchev–Trinajstić information content (AvgIpc) is 2.83. The normalized spacial score (nSPS) is 11.1. The first-order valence-corrected chi connectivity index (χ1v) is 6.42. The molecule has 2 aromatic heterocycles. The third-order valence-electron chi connectivity index (χ3n) is 3.27. The molecular weight excluding hydrogens is 256 g/mol. The number of hydrogen-bond acceptors (Lipinski definition) is 3. The van der Waals surface area contributed by atoms with E-state index in [-0.39, 0.29) is 5.56 Å². The van der Waals surface area contributed by atoms with E-state index in [9.17, 15) is 9.59 Å². The summed E-state index contributed by atoms with van der Waals surface area (Å²) in [4.78, 5) is 30.8. The van der Waals surface area contributed by atoms with Crippen molar-refractivity contribution in [1.29, 1.82) is 0 Å². The van der Waals surface area contributed by atoms with Crippen molar-refractivity contribution in [3.63, 3.8) is 0 Å². The van der Waals surface area contributed by atoms with Crippen LogP contribution in [-0.4, -0.2) is 19.1 Å². The van der Waals surface area contributed by atoms with Crippen LogP contribution >= 0.6 is 0 Å². The molecule has 0 bridgehead atoms. The molecule has 0 saturated carbocycles. The summed E-state index contributed by atoms with van der Waals surface area (Å²) in [5.74, 6) is 0. The third-order valence-corrected chi connectivity index (χ3v) is 3.27. The van der Waals surface area contributed by atoms with Crippen molar-refractivity contribution in [1.82, 2.24) is 19.1 Å². The molecule has 2 heterocycles. The molecule has 0 atom stereocenters. The van der Waals surface area contributed by atoms with E-state index in [0.29, 0.717) is 24.3 Å². The van der Waals surface area contributed by atoms with Gasteiger partial charge in [-0.05, 0) is 12.5 Å². The number of aromatic nitrogens is 4. The van der Waals surface area contributed by atoms with Gasteiger partial charge in [0.25, 0.3) is 5.56 Å². The zero-order chi connectivity index (χ0) is 14.1. The van der Waals surface area contributed by atoms with E-state index in [4.69, 9.17) is 0 Å². The van der Waals surface area contributed by atoms with E-state index in [1.807, 2.05) is 30.3 Å². The number of fused-ring (bicyclic) bond motifs is 1. The van der Waals surface area contributed by atoms with Crippen LogP contribution in [0.15, 0.2) is 46.2 Å². The maximum atomic E-state index is 12.3. The van der Waals surface area contributed by atoms with Crippen molar-refractivity contribution in [2.75, 3.05) is 0 Å². The van der Waals surface area contributed by atoms with Crippen LogP contribution in [0, 0.1) is 0 Å². The Morgan fingerprint density at radius 1 is 1.20 bits per heavy atom. The van der Waals surface area contributed by atoms with E-state index in [2.05, 4.69) is 9.97 Å². The summed E-state index contributed by atoms with van der Waals surface area (Å²) in [6, 6.07) is 9.80. The number of hydrogen-bond donors (Lipinski definition) is 1. The highest BCUT2D eigenvalue weighted by molar-refractivity contribution is 5.69. The summed E-state index contributed by atoms with van der Waals surface area (Å²) < 4.78 is 2.93. The molecule has 0 spiro atoms. The lowest BCUT2D eigenvalue weighted by Gasteiger charge is -2.05. The molecule has 0 aliphatic heterocycles. The van der Waals surface area contributed by atoms with Gasteiger partial charge >= 0.3 is 5.69 Å². The van der Waals surface area contributed by atoms with E-state index in [1.165, 1.54) is 4.57 Å². The highest BCUT2D eigenvalue weighted by atomic mass is 16.2. The molecule has 1 aromatic carbocycles. The quantitative estimate of drug-likeness (QED) is 0.770. The minimum Gasteiger partial charge on any atom is -0.320 e. The van der Waals surface area contributed by atoms with Crippen molar-refractivity contribution in [3.05, 3.63) is 63.1 Å². The molecule has 6 nitrogen and oxygen atoms in total. The van der Waals surface area contributed by atoms with Crippen LogP contribution in [0.3, 0.4) is 0 Å². The van der Waals surface area contributed by atoms with Gasteiger partial charge in [0.2, 0.25) is 0 Å². The van der Waals surface area contributed by atoms with Gasteiger partial charge in [-0.25, -0.2) is 9.78 Å². The zero-order valence-corrected chi connectivity index (χ0v) is 11.0. The number of aromatic amines is 1. The summed E-state index contributed by atoms with van der Waals surface area (Å²) in [5, 5.41) is 0. The van der Waals surface area contributed by atoms with Gasteiger partial charge in [-0.3, -0.25) is 14.3 Å². The first kappa shape index (κ1) is 12.4. The van der Waals surface area contributed by atoms with Crippen molar-refractivity contribution < 1.29 is 0 Å². The minimum absolute atomic E-state index is 0.306. The van der Waals surface area contributed by atoms with E-state index in [1.54, 1.807) is 17.8 Å². The van der Waals surface area contributed by atoms with Crippen molar-refractivity contribution >= 4 is 11.2 Å².